The summed E-state index contributed by atoms with van der Waals surface area (Å²) in [6.45, 7) is 7.12. The number of halogens is 2. The zero-order chi connectivity index (χ0) is 21.5. The van der Waals surface area contributed by atoms with Crippen molar-refractivity contribution >= 4 is 23.2 Å². The van der Waals surface area contributed by atoms with E-state index in [2.05, 4.69) is 49.0 Å². The molecule has 1 unspecified atom stereocenters. The number of hydrogen-bond acceptors (Lipinski definition) is 3. The maximum atomic E-state index is 6.25. The van der Waals surface area contributed by atoms with Crippen molar-refractivity contribution in [3.8, 4) is 11.1 Å². The zero-order valence-corrected chi connectivity index (χ0v) is 20.0. The molecule has 1 atom stereocenters. The van der Waals surface area contributed by atoms with Gasteiger partial charge in [-0.3, -0.25) is 0 Å². The largest absolute Gasteiger partial charge is 0.375 e. The Morgan fingerprint density at radius 3 is 2.33 bits per heavy atom. The molecule has 2 aromatic rings. The summed E-state index contributed by atoms with van der Waals surface area (Å²) in [6.07, 6.45) is 5.00. The van der Waals surface area contributed by atoms with Crippen LogP contribution in [0, 0.1) is 0 Å². The van der Waals surface area contributed by atoms with Gasteiger partial charge in [-0.25, -0.2) is 0 Å². The molecular weight excluding hydrogens is 415 g/mol. The van der Waals surface area contributed by atoms with E-state index in [9.17, 15) is 0 Å². The fourth-order valence-corrected chi connectivity index (χ4v) is 4.17. The van der Waals surface area contributed by atoms with E-state index in [0.29, 0.717) is 22.7 Å². The third-order valence-electron chi connectivity index (χ3n) is 6.11. The van der Waals surface area contributed by atoms with Crippen LogP contribution in [-0.2, 0) is 17.8 Å². The van der Waals surface area contributed by atoms with E-state index < -0.39 is 0 Å². The Hall–Kier alpha value is -1.10. The lowest BCUT2D eigenvalue weighted by Gasteiger charge is -2.26. The number of benzene rings is 2. The standard InChI is InChI=1S/C25H34Cl2N2O/c1-19(28(2)3)15-20-7-8-21(22-9-10-24(26)25(27)17-22)16-23(20)18-30-14-13-29-11-5-4-6-12-29/h7-10,16-17,19H,4-6,11-15,18H2,1-3H3. The van der Waals surface area contributed by atoms with Crippen molar-refractivity contribution in [1.29, 1.82) is 0 Å². The van der Waals surface area contributed by atoms with Crippen LogP contribution in [0.3, 0.4) is 0 Å². The van der Waals surface area contributed by atoms with Crippen LogP contribution in [-0.4, -0.2) is 56.2 Å². The summed E-state index contributed by atoms with van der Waals surface area (Å²) >= 11 is 12.3. The monoisotopic (exact) mass is 448 g/mol. The third kappa shape index (κ3) is 6.70. The Kier molecular flexibility index (Phi) is 9.03. The SMILES string of the molecule is CC(Cc1ccc(-c2ccc(Cl)c(Cl)c2)cc1COCCN1CCCCC1)N(C)C. The van der Waals surface area contributed by atoms with E-state index in [-0.39, 0.29) is 0 Å². The number of piperidine rings is 1. The molecule has 3 nitrogen and oxygen atoms in total. The van der Waals surface area contributed by atoms with Crippen molar-refractivity contribution in [3.05, 3.63) is 57.6 Å². The Labute approximate surface area is 191 Å². The van der Waals surface area contributed by atoms with Crippen LogP contribution in [0.1, 0.15) is 37.3 Å². The molecule has 0 N–H and O–H groups in total. The molecule has 1 heterocycles. The summed E-state index contributed by atoms with van der Waals surface area (Å²) in [5, 5.41) is 1.16. The van der Waals surface area contributed by atoms with Gasteiger partial charge in [0.15, 0.2) is 0 Å². The van der Waals surface area contributed by atoms with Crippen LogP contribution < -0.4 is 0 Å². The molecule has 1 fully saturated rings. The van der Waals surface area contributed by atoms with E-state index in [1.807, 2.05) is 18.2 Å². The summed E-state index contributed by atoms with van der Waals surface area (Å²) in [5.74, 6) is 0. The quantitative estimate of drug-likeness (QED) is 0.427. The van der Waals surface area contributed by atoms with E-state index in [1.54, 1.807) is 0 Å². The second-order valence-corrected chi connectivity index (χ2v) is 9.40. The summed E-state index contributed by atoms with van der Waals surface area (Å²) in [7, 11) is 4.26. The molecule has 164 valence electrons. The highest BCUT2D eigenvalue weighted by atomic mass is 35.5. The van der Waals surface area contributed by atoms with Gasteiger partial charge in [0.25, 0.3) is 0 Å². The van der Waals surface area contributed by atoms with Gasteiger partial charge in [-0.15, -0.1) is 0 Å². The fourth-order valence-electron chi connectivity index (χ4n) is 3.87. The molecule has 0 radical (unpaired) electrons. The van der Waals surface area contributed by atoms with E-state index in [1.165, 1.54) is 43.5 Å². The minimum atomic E-state index is 0.466. The molecular formula is C25H34Cl2N2O. The molecule has 2 aromatic carbocycles. The van der Waals surface area contributed by atoms with Gasteiger partial charge in [0.1, 0.15) is 0 Å². The molecule has 3 rings (SSSR count). The Bertz CT molecular complexity index is 819. The minimum absolute atomic E-state index is 0.466. The van der Waals surface area contributed by atoms with Crippen LogP contribution in [0.4, 0.5) is 0 Å². The van der Waals surface area contributed by atoms with E-state index in [0.717, 1.165) is 30.7 Å². The van der Waals surface area contributed by atoms with Crippen LogP contribution in [0.5, 0.6) is 0 Å². The maximum Gasteiger partial charge on any atom is 0.0720 e. The minimum Gasteiger partial charge on any atom is -0.375 e. The predicted octanol–water partition coefficient (Wildman–Crippen LogP) is 6.16. The molecule has 1 saturated heterocycles. The van der Waals surface area contributed by atoms with E-state index >= 15 is 0 Å². The fraction of sp³-hybridized carbons (Fsp3) is 0.520. The normalized spacial score (nSPS) is 16.2. The van der Waals surface area contributed by atoms with Crippen LogP contribution in [0.2, 0.25) is 10.0 Å². The lowest BCUT2D eigenvalue weighted by molar-refractivity contribution is 0.0858. The van der Waals surface area contributed by atoms with Gasteiger partial charge >= 0.3 is 0 Å². The molecule has 1 aliphatic rings. The van der Waals surface area contributed by atoms with E-state index in [4.69, 9.17) is 27.9 Å². The van der Waals surface area contributed by atoms with Gasteiger partial charge < -0.3 is 14.5 Å². The Morgan fingerprint density at radius 2 is 1.63 bits per heavy atom. The predicted molar refractivity (Wildman–Crippen MR) is 129 cm³/mol. The maximum absolute atomic E-state index is 6.25. The molecule has 0 aromatic heterocycles. The second kappa shape index (κ2) is 11.5. The van der Waals surface area contributed by atoms with Crippen LogP contribution >= 0.6 is 23.2 Å². The smallest absolute Gasteiger partial charge is 0.0720 e. The number of nitrogens with zero attached hydrogens (tertiary/aromatic N) is 2. The van der Waals surface area contributed by atoms with Crippen molar-refractivity contribution in [2.45, 2.75) is 45.3 Å². The van der Waals surface area contributed by atoms with Crippen LogP contribution in [0.15, 0.2) is 36.4 Å². The number of likely N-dealkylation sites (N-methyl/N-ethyl adjacent to an activating group) is 1. The van der Waals surface area contributed by atoms with Gasteiger partial charge in [-0.1, -0.05) is 47.8 Å². The third-order valence-corrected chi connectivity index (χ3v) is 6.85. The van der Waals surface area contributed by atoms with Crippen molar-refractivity contribution in [2.24, 2.45) is 0 Å². The average molecular weight is 449 g/mol. The average Bonchev–Trinajstić information content (AvgIpc) is 2.74. The lowest BCUT2D eigenvalue weighted by atomic mass is 9.95. The van der Waals surface area contributed by atoms with Crippen LogP contribution in [0.25, 0.3) is 11.1 Å². The zero-order valence-electron chi connectivity index (χ0n) is 18.5. The van der Waals surface area contributed by atoms with Gasteiger partial charge in [-0.05, 0) is 93.8 Å². The topological polar surface area (TPSA) is 15.7 Å². The molecule has 0 aliphatic carbocycles. The molecule has 0 saturated carbocycles. The number of hydrogen-bond donors (Lipinski definition) is 0. The summed E-state index contributed by atoms with van der Waals surface area (Å²) in [6, 6.07) is 12.9. The molecule has 0 amide bonds. The highest BCUT2D eigenvalue weighted by molar-refractivity contribution is 6.42. The van der Waals surface area contributed by atoms with Gasteiger partial charge in [-0.2, -0.15) is 0 Å². The van der Waals surface area contributed by atoms with Crippen molar-refractivity contribution in [3.63, 3.8) is 0 Å². The molecule has 0 spiro atoms. The second-order valence-electron chi connectivity index (χ2n) is 8.58. The number of ether oxygens (including phenoxy) is 1. The molecule has 30 heavy (non-hydrogen) atoms. The first-order valence-electron chi connectivity index (χ1n) is 11.0. The van der Waals surface area contributed by atoms with Gasteiger partial charge in [0.05, 0.1) is 23.3 Å². The number of rotatable bonds is 9. The van der Waals surface area contributed by atoms with Gasteiger partial charge in [0.2, 0.25) is 0 Å². The first-order valence-corrected chi connectivity index (χ1v) is 11.7. The van der Waals surface area contributed by atoms with Crippen molar-refractivity contribution in [2.75, 3.05) is 40.3 Å². The first-order chi connectivity index (χ1) is 14.4. The molecule has 5 heteroatoms. The Balaban J connectivity index is 1.72. The molecule has 0 bridgehead atoms. The Morgan fingerprint density at radius 1 is 0.933 bits per heavy atom. The van der Waals surface area contributed by atoms with Crippen molar-refractivity contribution in [1.82, 2.24) is 9.80 Å². The lowest BCUT2D eigenvalue weighted by Crippen LogP contribution is -2.32. The highest BCUT2D eigenvalue weighted by Crippen LogP contribution is 2.30. The summed E-state index contributed by atoms with van der Waals surface area (Å²) in [5.41, 5.74) is 4.82. The van der Waals surface area contributed by atoms with Crippen molar-refractivity contribution < 1.29 is 4.74 Å². The molecule has 1 aliphatic heterocycles. The number of likely N-dealkylation sites (tertiary alicyclic amines) is 1. The summed E-state index contributed by atoms with van der Waals surface area (Å²) in [4.78, 5) is 4.78. The van der Waals surface area contributed by atoms with Gasteiger partial charge in [0, 0.05) is 12.6 Å². The highest BCUT2D eigenvalue weighted by Gasteiger charge is 2.13. The first kappa shape index (κ1) is 23.6. The summed E-state index contributed by atoms with van der Waals surface area (Å²) < 4.78 is 6.14.